The van der Waals surface area contributed by atoms with E-state index in [4.69, 9.17) is 16.7 Å². The van der Waals surface area contributed by atoms with E-state index in [0.29, 0.717) is 10.6 Å². The zero-order valence-electron chi connectivity index (χ0n) is 10.1. The van der Waals surface area contributed by atoms with Gasteiger partial charge in [0.2, 0.25) is 10.0 Å². The lowest BCUT2D eigenvalue weighted by molar-refractivity contribution is 0.260. The molecule has 4 nitrogen and oxygen atoms in total. The second kappa shape index (κ2) is 6.33. The molecule has 0 aliphatic heterocycles. The molecule has 0 aromatic heterocycles. The summed E-state index contributed by atoms with van der Waals surface area (Å²) in [4.78, 5) is 0.158. The minimum absolute atomic E-state index is 0.0281. The number of aliphatic hydroxyl groups excluding tert-OH is 1. The summed E-state index contributed by atoms with van der Waals surface area (Å²) in [5.74, 6) is 0. The molecule has 100 valence electrons. The van der Waals surface area contributed by atoms with Crippen LogP contribution in [-0.2, 0) is 10.0 Å². The molecule has 6 heteroatoms. The highest BCUT2D eigenvalue weighted by Crippen LogP contribution is 2.25. The average Bonchev–Trinajstić information content (AvgIpc) is 2.32. The molecular weight excluding hydrogens is 274 g/mol. The van der Waals surface area contributed by atoms with Gasteiger partial charge in [-0.1, -0.05) is 23.7 Å². The molecule has 0 bridgehead atoms. The number of aliphatic hydroxyl groups is 1. The van der Waals surface area contributed by atoms with Crippen LogP contribution in [0.5, 0.6) is 0 Å². The minimum atomic E-state index is -3.66. The fourth-order valence-corrected chi connectivity index (χ4v) is 3.45. The summed E-state index contributed by atoms with van der Waals surface area (Å²) in [6.45, 7) is 5.10. The van der Waals surface area contributed by atoms with Gasteiger partial charge in [-0.25, -0.2) is 8.42 Å². The van der Waals surface area contributed by atoms with Crippen LogP contribution >= 0.6 is 11.6 Å². The Kier molecular flexibility index (Phi) is 5.34. The maximum absolute atomic E-state index is 12.4. The Balaban J connectivity index is 3.26. The van der Waals surface area contributed by atoms with Gasteiger partial charge >= 0.3 is 0 Å². The van der Waals surface area contributed by atoms with Gasteiger partial charge < -0.3 is 5.11 Å². The van der Waals surface area contributed by atoms with Crippen molar-refractivity contribution in [2.45, 2.75) is 11.8 Å². The predicted octanol–water partition coefficient (Wildman–Crippen LogP) is 1.82. The third kappa shape index (κ3) is 3.11. The summed E-state index contributed by atoms with van der Waals surface area (Å²) in [6, 6.07) is 4.73. The lowest BCUT2D eigenvalue weighted by atomic mass is 10.2. The van der Waals surface area contributed by atoms with Crippen LogP contribution in [0.1, 0.15) is 5.56 Å². The quantitative estimate of drug-likeness (QED) is 0.813. The zero-order valence-corrected chi connectivity index (χ0v) is 11.7. The Labute approximate surface area is 113 Å². The molecule has 1 aromatic carbocycles. The summed E-state index contributed by atoms with van der Waals surface area (Å²) < 4.78 is 26.0. The van der Waals surface area contributed by atoms with Gasteiger partial charge in [-0.15, -0.1) is 6.58 Å². The van der Waals surface area contributed by atoms with Crippen molar-refractivity contribution in [1.29, 1.82) is 0 Å². The first kappa shape index (κ1) is 15.2. The van der Waals surface area contributed by atoms with E-state index < -0.39 is 10.0 Å². The van der Waals surface area contributed by atoms with Crippen molar-refractivity contribution in [2.75, 3.05) is 19.7 Å². The molecule has 1 N–H and O–H groups in total. The number of nitrogens with zero attached hydrogens (tertiary/aromatic N) is 1. The Hall–Kier alpha value is -0.880. The lowest BCUT2D eigenvalue weighted by Gasteiger charge is -2.21. The molecule has 18 heavy (non-hydrogen) atoms. The first-order chi connectivity index (χ1) is 8.45. The standard InChI is InChI=1S/C12H16ClNO3S/c1-3-7-14(8-9-15)18(16,17)12-6-4-5-11(13)10(12)2/h3-6,15H,1,7-9H2,2H3. The van der Waals surface area contributed by atoms with Gasteiger partial charge in [-0.05, 0) is 24.6 Å². The lowest BCUT2D eigenvalue weighted by Crippen LogP contribution is -2.34. The van der Waals surface area contributed by atoms with Crippen LogP contribution in [0.2, 0.25) is 5.02 Å². The second-order valence-electron chi connectivity index (χ2n) is 3.74. The molecule has 0 unspecified atom stereocenters. The summed E-state index contributed by atoms with van der Waals surface area (Å²) in [7, 11) is -3.66. The third-order valence-electron chi connectivity index (χ3n) is 2.52. The van der Waals surface area contributed by atoms with Crippen molar-refractivity contribution in [3.05, 3.63) is 41.4 Å². The monoisotopic (exact) mass is 289 g/mol. The van der Waals surface area contributed by atoms with E-state index in [1.165, 1.54) is 16.4 Å². The molecule has 0 saturated carbocycles. The number of halogens is 1. The first-order valence-electron chi connectivity index (χ1n) is 5.42. The molecule has 0 fully saturated rings. The molecule has 1 aromatic rings. The third-order valence-corrected chi connectivity index (χ3v) is 4.94. The van der Waals surface area contributed by atoms with Crippen molar-refractivity contribution in [3.8, 4) is 0 Å². The normalized spacial score (nSPS) is 11.8. The van der Waals surface area contributed by atoms with Crippen LogP contribution < -0.4 is 0 Å². The Morgan fingerprint density at radius 3 is 2.72 bits per heavy atom. The number of sulfonamides is 1. The van der Waals surface area contributed by atoms with Gasteiger partial charge in [0.15, 0.2) is 0 Å². The van der Waals surface area contributed by atoms with Gasteiger partial charge in [0.25, 0.3) is 0 Å². The van der Waals surface area contributed by atoms with Crippen molar-refractivity contribution in [1.82, 2.24) is 4.31 Å². The molecule has 0 atom stereocenters. The molecule has 0 spiro atoms. The summed E-state index contributed by atoms with van der Waals surface area (Å²) in [5.41, 5.74) is 0.506. The van der Waals surface area contributed by atoms with E-state index in [9.17, 15) is 8.42 Å². The first-order valence-corrected chi connectivity index (χ1v) is 7.24. The van der Waals surface area contributed by atoms with Gasteiger partial charge in [0, 0.05) is 18.1 Å². The average molecular weight is 290 g/mol. The largest absolute Gasteiger partial charge is 0.395 e. The minimum Gasteiger partial charge on any atom is -0.395 e. The van der Waals surface area contributed by atoms with Gasteiger partial charge in [-0.2, -0.15) is 4.31 Å². The van der Waals surface area contributed by atoms with Crippen LogP contribution in [-0.4, -0.2) is 37.5 Å². The van der Waals surface area contributed by atoms with Crippen LogP contribution in [0.3, 0.4) is 0 Å². The summed E-state index contributed by atoms with van der Waals surface area (Å²) in [5, 5.41) is 9.33. The van der Waals surface area contributed by atoms with Gasteiger partial charge in [0.05, 0.1) is 11.5 Å². The van der Waals surface area contributed by atoms with Crippen molar-refractivity contribution in [2.24, 2.45) is 0 Å². The molecule has 0 amide bonds. The topological polar surface area (TPSA) is 57.6 Å². The maximum atomic E-state index is 12.4. The second-order valence-corrected chi connectivity index (χ2v) is 6.05. The predicted molar refractivity (Wildman–Crippen MR) is 72.2 cm³/mol. The van der Waals surface area contributed by atoms with E-state index in [-0.39, 0.29) is 24.6 Å². The van der Waals surface area contributed by atoms with Crippen LogP contribution in [0.25, 0.3) is 0 Å². The van der Waals surface area contributed by atoms with Crippen LogP contribution in [0.4, 0.5) is 0 Å². The van der Waals surface area contributed by atoms with E-state index in [1.54, 1.807) is 19.1 Å². The fourth-order valence-electron chi connectivity index (χ4n) is 1.57. The Morgan fingerprint density at radius 1 is 1.50 bits per heavy atom. The van der Waals surface area contributed by atoms with Gasteiger partial charge in [-0.3, -0.25) is 0 Å². The molecule has 0 aliphatic carbocycles. The van der Waals surface area contributed by atoms with Crippen LogP contribution in [0, 0.1) is 6.92 Å². The van der Waals surface area contributed by atoms with Crippen molar-refractivity contribution >= 4 is 21.6 Å². The maximum Gasteiger partial charge on any atom is 0.243 e. The molecule has 0 radical (unpaired) electrons. The molecule has 0 heterocycles. The summed E-state index contributed by atoms with van der Waals surface area (Å²) in [6.07, 6.45) is 1.48. The highest BCUT2D eigenvalue weighted by atomic mass is 35.5. The van der Waals surface area contributed by atoms with Crippen molar-refractivity contribution in [3.63, 3.8) is 0 Å². The van der Waals surface area contributed by atoms with Crippen molar-refractivity contribution < 1.29 is 13.5 Å². The Bertz CT molecular complexity index is 528. The zero-order chi connectivity index (χ0) is 13.8. The van der Waals surface area contributed by atoms with Crippen LogP contribution in [0.15, 0.2) is 35.7 Å². The SMILES string of the molecule is C=CCN(CCO)S(=O)(=O)c1cccc(Cl)c1C. The molecule has 0 aliphatic rings. The van der Waals surface area contributed by atoms with E-state index in [2.05, 4.69) is 6.58 Å². The highest BCUT2D eigenvalue weighted by molar-refractivity contribution is 7.89. The number of hydrogen-bond acceptors (Lipinski definition) is 3. The number of rotatable bonds is 6. The van der Waals surface area contributed by atoms with E-state index in [1.807, 2.05) is 0 Å². The molecule has 1 rings (SSSR count). The Morgan fingerprint density at radius 2 is 2.17 bits per heavy atom. The number of benzene rings is 1. The fraction of sp³-hybridized carbons (Fsp3) is 0.333. The molecule has 0 saturated heterocycles. The smallest absolute Gasteiger partial charge is 0.243 e. The van der Waals surface area contributed by atoms with E-state index >= 15 is 0 Å². The summed E-state index contributed by atoms with van der Waals surface area (Å²) >= 11 is 5.93. The molecular formula is C12H16ClNO3S. The number of hydrogen-bond donors (Lipinski definition) is 1. The van der Waals surface area contributed by atoms with E-state index in [0.717, 1.165) is 0 Å². The highest BCUT2D eigenvalue weighted by Gasteiger charge is 2.25. The van der Waals surface area contributed by atoms with Gasteiger partial charge in [0.1, 0.15) is 0 Å².